The van der Waals surface area contributed by atoms with Gasteiger partial charge in [-0.05, 0) is 18.3 Å². The van der Waals surface area contributed by atoms with E-state index in [4.69, 9.17) is 9.84 Å². The molecule has 0 aromatic rings. The molecule has 1 N–H and O–H groups in total. The highest BCUT2D eigenvalue weighted by Gasteiger charge is 2.31. The summed E-state index contributed by atoms with van der Waals surface area (Å²) in [5.41, 5.74) is 0.120. The van der Waals surface area contributed by atoms with E-state index in [2.05, 4.69) is 13.5 Å². The second-order valence-electron chi connectivity index (χ2n) is 4.38. The second-order valence-corrected chi connectivity index (χ2v) is 4.38. The first kappa shape index (κ1) is 12.0. The van der Waals surface area contributed by atoms with Crippen LogP contribution in [-0.2, 0) is 4.74 Å². The van der Waals surface area contributed by atoms with E-state index in [1.807, 2.05) is 0 Å². The van der Waals surface area contributed by atoms with E-state index in [1.54, 1.807) is 6.08 Å². The van der Waals surface area contributed by atoms with Crippen molar-refractivity contribution in [2.75, 3.05) is 26.3 Å². The Labute approximate surface area is 90.5 Å². The van der Waals surface area contributed by atoms with Crippen LogP contribution in [0.3, 0.4) is 0 Å². The zero-order valence-electron chi connectivity index (χ0n) is 9.24. The van der Waals surface area contributed by atoms with Gasteiger partial charge in [-0.2, -0.15) is 0 Å². The Bertz CT molecular complexity index is 232. The molecule has 1 amide bonds. The first-order valence-electron chi connectivity index (χ1n) is 5.24. The molecule has 86 valence electrons. The lowest BCUT2D eigenvalue weighted by Crippen LogP contribution is -2.43. The summed E-state index contributed by atoms with van der Waals surface area (Å²) in [6.07, 6.45) is 2.66. The van der Waals surface area contributed by atoms with E-state index in [9.17, 15) is 4.79 Å². The maximum Gasteiger partial charge on any atom is 0.407 e. The molecule has 1 fully saturated rings. The number of ether oxygens (including phenoxy) is 1. The molecule has 0 radical (unpaired) electrons. The van der Waals surface area contributed by atoms with Crippen LogP contribution in [0.2, 0.25) is 0 Å². The first-order chi connectivity index (χ1) is 7.07. The van der Waals surface area contributed by atoms with E-state index >= 15 is 0 Å². The van der Waals surface area contributed by atoms with Gasteiger partial charge in [0.05, 0.1) is 13.2 Å². The van der Waals surface area contributed by atoms with Crippen molar-refractivity contribution in [1.82, 2.24) is 4.90 Å². The van der Waals surface area contributed by atoms with Crippen molar-refractivity contribution in [1.29, 1.82) is 0 Å². The average molecular weight is 213 g/mol. The van der Waals surface area contributed by atoms with Crippen molar-refractivity contribution in [3.05, 3.63) is 12.7 Å². The Morgan fingerprint density at radius 2 is 2.20 bits per heavy atom. The molecule has 1 heterocycles. The number of hydrogen-bond acceptors (Lipinski definition) is 2. The lowest BCUT2D eigenvalue weighted by Gasteiger charge is -2.37. The Morgan fingerprint density at radius 3 is 2.67 bits per heavy atom. The maximum atomic E-state index is 10.7. The highest BCUT2D eigenvalue weighted by molar-refractivity contribution is 5.65. The average Bonchev–Trinajstić information content (AvgIpc) is 2.18. The van der Waals surface area contributed by atoms with E-state index < -0.39 is 6.09 Å². The molecule has 0 aliphatic carbocycles. The zero-order chi connectivity index (χ0) is 11.3. The van der Waals surface area contributed by atoms with Crippen molar-refractivity contribution >= 4 is 6.09 Å². The number of hydrogen-bond donors (Lipinski definition) is 1. The van der Waals surface area contributed by atoms with Gasteiger partial charge < -0.3 is 14.7 Å². The minimum atomic E-state index is -0.816. The van der Waals surface area contributed by atoms with Gasteiger partial charge in [-0.3, -0.25) is 0 Å². The third-order valence-corrected chi connectivity index (χ3v) is 2.93. The standard InChI is InChI=1S/C11H19NO3/c1-3-8-15-9-11(2)4-6-12(7-5-11)10(13)14/h3H,1,4-9H2,2H3,(H,13,14). The van der Waals surface area contributed by atoms with Crippen molar-refractivity contribution in [2.24, 2.45) is 5.41 Å². The van der Waals surface area contributed by atoms with Gasteiger partial charge in [0.25, 0.3) is 0 Å². The summed E-state index contributed by atoms with van der Waals surface area (Å²) in [5, 5.41) is 8.80. The number of carbonyl (C=O) groups is 1. The van der Waals surface area contributed by atoms with Gasteiger partial charge in [-0.25, -0.2) is 4.79 Å². The highest BCUT2D eigenvalue weighted by Crippen LogP contribution is 2.31. The predicted molar refractivity (Wildman–Crippen MR) is 58.0 cm³/mol. The van der Waals surface area contributed by atoms with Gasteiger partial charge in [0.2, 0.25) is 0 Å². The number of amides is 1. The lowest BCUT2D eigenvalue weighted by molar-refractivity contribution is 0.0237. The molecule has 0 bridgehead atoms. The summed E-state index contributed by atoms with van der Waals surface area (Å²) in [6, 6.07) is 0. The van der Waals surface area contributed by atoms with Crippen LogP contribution in [0.4, 0.5) is 4.79 Å². The van der Waals surface area contributed by atoms with Gasteiger partial charge in [-0.15, -0.1) is 6.58 Å². The monoisotopic (exact) mass is 213 g/mol. The molecule has 15 heavy (non-hydrogen) atoms. The molecule has 4 nitrogen and oxygen atoms in total. The van der Waals surface area contributed by atoms with Gasteiger partial charge >= 0.3 is 6.09 Å². The van der Waals surface area contributed by atoms with Crippen molar-refractivity contribution < 1.29 is 14.6 Å². The molecular formula is C11H19NO3. The lowest BCUT2D eigenvalue weighted by atomic mass is 9.81. The fourth-order valence-electron chi connectivity index (χ4n) is 1.77. The van der Waals surface area contributed by atoms with E-state index in [-0.39, 0.29) is 5.41 Å². The second kappa shape index (κ2) is 5.16. The van der Waals surface area contributed by atoms with Crippen molar-refractivity contribution in [2.45, 2.75) is 19.8 Å². The molecular weight excluding hydrogens is 194 g/mol. The molecule has 0 aromatic carbocycles. The highest BCUT2D eigenvalue weighted by atomic mass is 16.5. The SMILES string of the molecule is C=CCOCC1(C)CCN(C(=O)O)CC1. The quantitative estimate of drug-likeness (QED) is 0.573. The Balaban J connectivity index is 2.33. The molecule has 1 rings (SSSR count). The summed E-state index contributed by atoms with van der Waals surface area (Å²) in [7, 11) is 0. The van der Waals surface area contributed by atoms with Crippen LogP contribution in [-0.4, -0.2) is 42.4 Å². The smallest absolute Gasteiger partial charge is 0.407 e. The Kier molecular flexibility index (Phi) is 4.15. The number of piperidine rings is 1. The summed E-state index contributed by atoms with van der Waals surface area (Å²) >= 11 is 0. The van der Waals surface area contributed by atoms with Gasteiger partial charge in [-0.1, -0.05) is 13.0 Å². The van der Waals surface area contributed by atoms with Crippen molar-refractivity contribution in [3.8, 4) is 0 Å². The number of likely N-dealkylation sites (tertiary alicyclic amines) is 1. The van der Waals surface area contributed by atoms with Crippen LogP contribution >= 0.6 is 0 Å². The molecule has 1 aliphatic rings. The molecule has 0 atom stereocenters. The van der Waals surface area contributed by atoms with Gasteiger partial charge in [0, 0.05) is 13.1 Å². The molecule has 1 aliphatic heterocycles. The van der Waals surface area contributed by atoms with Gasteiger partial charge in [0.1, 0.15) is 0 Å². The molecule has 0 saturated carbocycles. The number of rotatable bonds is 4. The van der Waals surface area contributed by atoms with Gasteiger partial charge in [0.15, 0.2) is 0 Å². The predicted octanol–water partition coefficient (Wildman–Crippen LogP) is 1.97. The minimum absolute atomic E-state index is 0.120. The molecule has 0 unspecified atom stereocenters. The minimum Gasteiger partial charge on any atom is -0.465 e. The topological polar surface area (TPSA) is 49.8 Å². The first-order valence-corrected chi connectivity index (χ1v) is 5.24. The fraction of sp³-hybridized carbons (Fsp3) is 0.727. The Morgan fingerprint density at radius 1 is 1.60 bits per heavy atom. The maximum absolute atomic E-state index is 10.7. The molecule has 0 spiro atoms. The zero-order valence-corrected chi connectivity index (χ0v) is 9.24. The largest absolute Gasteiger partial charge is 0.465 e. The summed E-state index contributed by atoms with van der Waals surface area (Å²) in [5.74, 6) is 0. The summed E-state index contributed by atoms with van der Waals surface area (Å²) in [4.78, 5) is 12.2. The van der Waals surface area contributed by atoms with Crippen LogP contribution in [0.15, 0.2) is 12.7 Å². The normalized spacial score (nSPS) is 19.9. The third-order valence-electron chi connectivity index (χ3n) is 2.93. The number of carboxylic acid groups (broad SMARTS) is 1. The van der Waals surface area contributed by atoms with Crippen LogP contribution in [0.25, 0.3) is 0 Å². The number of nitrogens with zero attached hydrogens (tertiary/aromatic N) is 1. The van der Waals surface area contributed by atoms with E-state index in [0.29, 0.717) is 26.3 Å². The Hall–Kier alpha value is -1.03. The van der Waals surface area contributed by atoms with Crippen LogP contribution in [0.1, 0.15) is 19.8 Å². The third kappa shape index (κ3) is 3.55. The van der Waals surface area contributed by atoms with E-state index in [1.165, 1.54) is 4.90 Å². The summed E-state index contributed by atoms with van der Waals surface area (Å²) in [6.45, 7) is 8.22. The van der Waals surface area contributed by atoms with Crippen molar-refractivity contribution in [3.63, 3.8) is 0 Å². The molecule has 4 heteroatoms. The summed E-state index contributed by atoms with van der Waals surface area (Å²) < 4.78 is 5.44. The van der Waals surface area contributed by atoms with Crippen LogP contribution < -0.4 is 0 Å². The van der Waals surface area contributed by atoms with Crippen LogP contribution in [0.5, 0.6) is 0 Å². The molecule has 0 aromatic heterocycles. The van der Waals surface area contributed by atoms with E-state index in [0.717, 1.165) is 12.8 Å². The van der Waals surface area contributed by atoms with Crippen LogP contribution in [0, 0.1) is 5.41 Å². The molecule has 1 saturated heterocycles. The fourth-order valence-corrected chi connectivity index (χ4v) is 1.77.